The zero-order chi connectivity index (χ0) is 19.6. The highest BCUT2D eigenvalue weighted by Gasteiger charge is 2.22. The summed E-state index contributed by atoms with van der Waals surface area (Å²) < 4.78 is 11.2. The summed E-state index contributed by atoms with van der Waals surface area (Å²) in [5.74, 6) is 0.519. The number of carbonyl (C=O) groups is 1. The molecule has 1 N–H and O–H groups in total. The predicted octanol–water partition coefficient (Wildman–Crippen LogP) is 7.19. The van der Waals surface area contributed by atoms with Crippen molar-refractivity contribution in [3.8, 4) is 5.75 Å². The summed E-state index contributed by atoms with van der Waals surface area (Å²) in [7, 11) is 0. The van der Waals surface area contributed by atoms with E-state index in [1.807, 2.05) is 0 Å². The van der Waals surface area contributed by atoms with Gasteiger partial charge in [0.25, 0.3) is 5.91 Å². The van der Waals surface area contributed by atoms with E-state index in [9.17, 15) is 4.79 Å². The van der Waals surface area contributed by atoms with Gasteiger partial charge in [0.2, 0.25) is 0 Å². The topological polar surface area (TPSA) is 51.5 Å². The van der Waals surface area contributed by atoms with Crippen molar-refractivity contribution in [1.82, 2.24) is 5.32 Å². The van der Waals surface area contributed by atoms with Crippen molar-refractivity contribution in [3.63, 3.8) is 0 Å². The lowest BCUT2D eigenvalue weighted by atomic mass is 9.95. The van der Waals surface area contributed by atoms with Gasteiger partial charge in [-0.05, 0) is 25.0 Å². The lowest BCUT2D eigenvalue weighted by Crippen LogP contribution is -2.35. The van der Waals surface area contributed by atoms with E-state index in [2.05, 4.69) is 5.32 Å². The Balaban J connectivity index is 1.66. The molecule has 146 valence electrons. The zero-order valence-electron chi connectivity index (χ0n) is 14.1. The summed E-state index contributed by atoms with van der Waals surface area (Å²) in [6.45, 7) is -0.00949. The van der Waals surface area contributed by atoms with Gasteiger partial charge in [-0.2, -0.15) is 0 Å². The van der Waals surface area contributed by atoms with Gasteiger partial charge in [-0.1, -0.05) is 77.3 Å². The van der Waals surface area contributed by atoms with Crippen LogP contribution < -0.4 is 10.1 Å². The van der Waals surface area contributed by atoms with E-state index < -0.39 is 0 Å². The van der Waals surface area contributed by atoms with Gasteiger partial charge >= 0.3 is 0 Å². The second kappa shape index (κ2) is 9.15. The first kappa shape index (κ1) is 20.9. The molecular formula is C18H16Cl5NO3. The molecule has 1 aliphatic rings. The Morgan fingerprint density at radius 3 is 2.19 bits per heavy atom. The highest BCUT2D eigenvalue weighted by Crippen LogP contribution is 2.48. The van der Waals surface area contributed by atoms with Crippen LogP contribution in [0.5, 0.6) is 5.75 Å². The fourth-order valence-corrected chi connectivity index (χ4v) is 4.17. The van der Waals surface area contributed by atoms with E-state index in [1.165, 1.54) is 6.42 Å². The molecule has 1 aromatic carbocycles. The van der Waals surface area contributed by atoms with Gasteiger partial charge in [0, 0.05) is 6.04 Å². The predicted molar refractivity (Wildman–Crippen MR) is 109 cm³/mol. The van der Waals surface area contributed by atoms with Gasteiger partial charge in [0.15, 0.2) is 11.5 Å². The number of benzene rings is 1. The summed E-state index contributed by atoms with van der Waals surface area (Å²) in [5.41, 5.74) is 0. The third kappa shape index (κ3) is 4.80. The van der Waals surface area contributed by atoms with Crippen molar-refractivity contribution in [2.24, 2.45) is 0 Å². The largest absolute Gasteiger partial charge is 0.482 e. The molecule has 0 bridgehead atoms. The number of hydrogen-bond donors (Lipinski definition) is 1. The molecule has 0 atom stereocenters. The van der Waals surface area contributed by atoms with Crippen molar-refractivity contribution >= 4 is 63.9 Å². The molecule has 2 aromatic rings. The SMILES string of the molecule is O=C(NC1CCCCC1)c1ccc(COc2c(Cl)c(Cl)c(Cl)c(Cl)c2Cl)o1. The summed E-state index contributed by atoms with van der Waals surface area (Å²) in [5, 5.41) is 3.26. The van der Waals surface area contributed by atoms with Crippen LogP contribution in [-0.4, -0.2) is 11.9 Å². The van der Waals surface area contributed by atoms with Gasteiger partial charge in [-0.25, -0.2) is 0 Å². The molecule has 1 amide bonds. The third-order valence-electron chi connectivity index (χ3n) is 4.35. The van der Waals surface area contributed by atoms with Gasteiger partial charge in [0.1, 0.15) is 22.4 Å². The lowest BCUT2D eigenvalue weighted by molar-refractivity contribution is 0.0895. The van der Waals surface area contributed by atoms with Gasteiger partial charge < -0.3 is 14.5 Å². The van der Waals surface area contributed by atoms with Crippen molar-refractivity contribution in [2.75, 3.05) is 0 Å². The minimum atomic E-state index is -0.234. The smallest absolute Gasteiger partial charge is 0.287 e. The molecule has 27 heavy (non-hydrogen) atoms. The van der Waals surface area contributed by atoms with Gasteiger partial charge in [-0.15, -0.1) is 0 Å². The van der Waals surface area contributed by atoms with E-state index in [4.69, 9.17) is 67.2 Å². The fourth-order valence-electron chi connectivity index (χ4n) is 2.94. The molecule has 4 nitrogen and oxygen atoms in total. The summed E-state index contributed by atoms with van der Waals surface area (Å²) in [6, 6.07) is 3.45. The van der Waals surface area contributed by atoms with Crippen LogP contribution in [0.4, 0.5) is 0 Å². The number of carbonyl (C=O) groups excluding carboxylic acids is 1. The van der Waals surface area contributed by atoms with Crippen molar-refractivity contribution in [3.05, 3.63) is 48.8 Å². The minimum absolute atomic E-state index is 0.00949. The molecule has 0 unspecified atom stereocenters. The Bertz CT molecular complexity index is 817. The first-order valence-electron chi connectivity index (χ1n) is 8.42. The maximum atomic E-state index is 12.3. The van der Waals surface area contributed by atoms with Crippen LogP contribution in [0.3, 0.4) is 0 Å². The van der Waals surface area contributed by atoms with Crippen molar-refractivity contribution < 1.29 is 13.9 Å². The Morgan fingerprint density at radius 2 is 1.56 bits per heavy atom. The number of furan rings is 1. The third-order valence-corrected chi connectivity index (χ3v) is 6.60. The molecule has 1 aliphatic carbocycles. The van der Waals surface area contributed by atoms with E-state index in [1.54, 1.807) is 12.1 Å². The van der Waals surface area contributed by atoms with Gasteiger partial charge in [0.05, 0.1) is 15.1 Å². The molecule has 0 spiro atoms. The van der Waals surface area contributed by atoms with E-state index in [0.717, 1.165) is 25.7 Å². The molecule has 1 aromatic heterocycles. The number of amides is 1. The lowest BCUT2D eigenvalue weighted by Gasteiger charge is -2.22. The zero-order valence-corrected chi connectivity index (χ0v) is 17.9. The number of ether oxygens (including phenoxy) is 1. The first-order chi connectivity index (χ1) is 12.9. The van der Waals surface area contributed by atoms with E-state index >= 15 is 0 Å². The molecule has 0 aliphatic heterocycles. The molecule has 1 fully saturated rings. The fraction of sp³-hybridized carbons (Fsp3) is 0.389. The summed E-state index contributed by atoms with van der Waals surface area (Å²) in [4.78, 5) is 12.3. The van der Waals surface area contributed by atoms with Crippen LogP contribution in [0.15, 0.2) is 16.5 Å². The molecule has 9 heteroatoms. The van der Waals surface area contributed by atoms with Crippen LogP contribution >= 0.6 is 58.0 Å². The number of nitrogens with one attached hydrogen (secondary N) is 1. The molecule has 1 heterocycles. The average molecular weight is 472 g/mol. The first-order valence-corrected chi connectivity index (χ1v) is 10.3. The van der Waals surface area contributed by atoms with Crippen LogP contribution in [0.25, 0.3) is 0 Å². The van der Waals surface area contributed by atoms with Crippen LogP contribution in [0.2, 0.25) is 25.1 Å². The molecule has 3 rings (SSSR count). The van der Waals surface area contributed by atoms with E-state index in [0.29, 0.717) is 5.76 Å². The number of rotatable bonds is 5. The minimum Gasteiger partial charge on any atom is -0.482 e. The highest BCUT2D eigenvalue weighted by molar-refractivity contribution is 6.55. The molecule has 0 radical (unpaired) electrons. The molecular weight excluding hydrogens is 455 g/mol. The maximum Gasteiger partial charge on any atom is 0.287 e. The molecule has 1 saturated carbocycles. The maximum absolute atomic E-state index is 12.3. The Morgan fingerprint density at radius 1 is 0.963 bits per heavy atom. The van der Waals surface area contributed by atoms with Crippen molar-refractivity contribution in [2.45, 2.75) is 44.8 Å². The Labute approximate surface area is 182 Å². The van der Waals surface area contributed by atoms with E-state index in [-0.39, 0.29) is 55.2 Å². The normalized spacial score (nSPS) is 15.0. The molecule has 0 saturated heterocycles. The van der Waals surface area contributed by atoms with Crippen LogP contribution in [0, 0.1) is 0 Å². The Hall–Kier alpha value is -0.780. The second-order valence-corrected chi connectivity index (χ2v) is 8.15. The second-order valence-electron chi connectivity index (χ2n) is 6.26. The van der Waals surface area contributed by atoms with Gasteiger partial charge in [-0.3, -0.25) is 4.79 Å². The van der Waals surface area contributed by atoms with Crippen LogP contribution in [0.1, 0.15) is 48.4 Å². The Kier molecular flexibility index (Phi) is 7.09. The standard InChI is InChI=1S/C18H16Cl5NO3/c19-12-13(20)15(22)17(16(23)14(12)21)26-8-10-6-7-11(27-10)18(25)24-9-4-2-1-3-5-9/h6-7,9H,1-5,8H2,(H,24,25). The quantitative estimate of drug-likeness (QED) is 0.371. The van der Waals surface area contributed by atoms with Crippen LogP contribution in [-0.2, 0) is 6.61 Å². The highest BCUT2D eigenvalue weighted by atomic mass is 35.5. The summed E-state index contributed by atoms with van der Waals surface area (Å²) in [6.07, 6.45) is 5.49. The number of halogens is 5. The van der Waals surface area contributed by atoms with Crippen molar-refractivity contribution in [1.29, 1.82) is 0 Å². The average Bonchev–Trinajstić information content (AvgIpc) is 3.15. The monoisotopic (exact) mass is 469 g/mol. The summed E-state index contributed by atoms with van der Waals surface area (Å²) >= 11 is 30.2. The number of hydrogen-bond acceptors (Lipinski definition) is 3.